The highest BCUT2D eigenvalue weighted by Crippen LogP contribution is 2.20. The summed E-state index contributed by atoms with van der Waals surface area (Å²) in [4.78, 5) is 0. The minimum absolute atomic E-state index is 0.206. The van der Waals surface area contributed by atoms with Crippen molar-refractivity contribution >= 4 is 28.7 Å². The molecular weight excluding hydrogens is 282 g/mol. The summed E-state index contributed by atoms with van der Waals surface area (Å²) >= 11 is 4.42. The summed E-state index contributed by atoms with van der Waals surface area (Å²) in [5, 5.41) is 9.30. The van der Waals surface area contributed by atoms with Crippen molar-refractivity contribution in [1.29, 1.82) is 0 Å². The molecule has 106 valence electrons. The number of hydrogen-bond donors (Lipinski definition) is 1. The van der Waals surface area contributed by atoms with Crippen LogP contribution < -0.4 is 0 Å². The van der Waals surface area contributed by atoms with Crippen molar-refractivity contribution in [3.8, 4) is 5.75 Å². The van der Waals surface area contributed by atoms with E-state index in [0.29, 0.717) is 12.3 Å². The lowest BCUT2D eigenvalue weighted by atomic mass is 10.1. The Hall–Kier alpha value is -0.710. The largest absolute Gasteiger partial charge is 0.591 e. The summed E-state index contributed by atoms with van der Waals surface area (Å²) in [7, 11) is 0. The van der Waals surface area contributed by atoms with Gasteiger partial charge in [-0.25, -0.2) is 0 Å². The van der Waals surface area contributed by atoms with Gasteiger partial charge in [0.15, 0.2) is 0 Å². The molecule has 0 bridgehead atoms. The van der Waals surface area contributed by atoms with Crippen LogP contribution in [0.2, 0.25) is 0 Å². The summed E-state index contributed by atoms with van der Waals surface area (Å²) in [6.45, 7) is 5.67. The van der Waals surface area contributed by atoms with Crippen LogP contribution in [0.3, 0.4) is 0 Å². The van der Waals surface area contributed by atoms with E-state index in [9.17, 15) is 9.66 Å². The molecule has 5 heteroatoms. The maximum Gasteiger partial charge on any atom is 0.144 e. The smallest absolute Gasteiger partial charge is 0.144 e. The lowest BCUT2D eigenvalue weighted by Crippen LogP contribution is -2.27. The Morgan fingerprint density at radius 2 is 1.89 bits per heavy atom. The molecule has 0 radical (unpaired) electrons. The molecule has 0 aromatic heterocycles. The molecule has 0 heterocycles. The predicted molar refractivity (Wildman–Crippen MR) is 82.5 cm³/mol. The number of nitrogens with zero attached hydrogens (tertiary/aromatic N) is 1. The molecule has 0 saturated heterocycles. The first-order valence-electron chi connectivity index (χ1n) is 6.19. The number of halogens is 1. The first kappa shape index (κ1) is 16.3. The number of alkyl halides is 1. The van der Waals surface area contributed by atoms with Crippen LogP contribution in [0.25, 0.3) is 0 Å². The average Bonchev–Trinajstić information content (AvgIpc) is 2.34. The molecule has 0 fully saturated rings. The van der Waals surface area contributed by atoms with Crippen molar-refractivity contribution in [2.75, 3.05) is 5.88 Å². The van der Waals surface area contributed by atoms with Gasteiger partial charge in [0.05, 0.1) is 5.71 Å². The second-order valence-corrected chi connectivity index (χ2v) is 7.52. The predicted octanol–water partition coefficient (Wildman–Crippen LogP) is 3.66. The SMILES string of the molecule is CC(C)(C)[S+]([O-])N=C(CCCCl)c1ccc(O)cc1. The molecule has 19 heavy (non-hydrogen) atoms. The normalized spacial score (nSPS) is 14.5. The summed E-state index contributed by atoms with van der Waals surface area (Å²) < 4.78 is 16.1. The lowest BCUT2D eigenvalue weighted by molar-refractivity contribution is 0.475. The van der Waals surface area contributed by atoms with Crippen LogP contribution in [0, 0.1) is 0 Å². The van der Waals surface area contributed by atoms with E-state index < -0.39 is 11.4 Å². The first-order valence-corrected chi connectivity index (χ1v) is 7.83. The van der Waals surface area contributed by atoms with Gasteiger partial charge in [-0.1, -0.05) is 4.40 Å². The van der Waals surface area contributed by atoms with Gasteiger partial charge in [0, 0.05) is 11.4 Å². The molecule has 1 N–H and O–H groups in total. The topological polar surface area (TPSA) is 55.7 Å². The number of rotatable bonds is 5. The van der Waals surface area contributed by atoms with Crippen molar-refractivity contribution in [3.05, 3.63) is 29.8 Å². The van der Waals surface area contributed by atoms with E-state index in [4.69, 9.17) is 11.6 Å². The fourth-order valence-corrected chi connectivity index (χ4v) is 2.17. The highest BCUT2D eigenvalue weighted by atomic mass is 35.5. The molecule has 0 saturated carbocycles. The zero-order valence-corrected chi connectivity index (χ0v) is 13.1. The lowest BCUT2D eigenvalue weighted by Gasteiger charge is -2.19. The van der Waals surface area contributed by atoms with Gasteiger partial charge in [0.1, 0.15) is 21.9 Å². The Labute approximate surface area is 123 Å². The minimum Gasteiger partial charge on any atom is -0.591 e. The molecular formula is C14H20ClNO2S. The maximum atomic E-state index is 12.1. The third kappa shape index (κ3) is 5.43. The van der Waals surface area contributed by atoms with Gasteiger partial charge in [-0.3, -0.25) is 0 Å². The van der Waals surface area contributed by atoms with Crippen molar-refractivity contribution in [1.82, 2.24) is 0 Å². The van der Waals surface area contributed by atoms with Crippen LogP contribution >= 0.6 is 11.6 Å². The molecule has 1 rings (SSSR count). The van der Waals surface area contributed by atoms with Crippen molar-refractivity contribution in [2.45, 2.75) is 38.4 Å². The molecule has 0 aliphatic heterocycles. The zero-order valence-electron chi connectivity index (χ0n) is 11.5. The van der Waals surface area contributed by atoms with E-state index in [2.05, 4.69) is 4.40 Å². The Balaban J connectivity index is 3.00. The van der Waals surface area contributed by atoms with Gasteiger partial charge in [-0.05, 0) is 57.9 Å². The molecule has 1 unspecified atom stereocenters. The van der Waals surface area contributed by atoms with Gasteiger partial charge in [-0.2, -0.15) is 0 Å². The van der Waals surface area contributed by atoms with E-state index >= 15 is 0 Å². The average molecular weight is 302 g/mol. The van der Waals surface area contributed by atoms with Gasteiger partial charge < -0.3 is 9.66 Å². The molecule has 0 amide bonds. The molecule has 0 aliphatic carbocycles. The zero-order chi connectivity index (χ0) is 14.5. The van der Waals surface area contributed by atoms with Crippen LogP contribution in [0.5, 0.6) is 5.75 Å². The van der Waals surface area contributed by atoms with E-state index in [1.807, 2.05) is 20.8 Å². The van der Waals surface area contributed by atoms with Gasteiger partial charge in [-0.15, -0.1) is 11.6 Å². The van der Waals surface area contributed by atoms with Gasteiger partial charge >= 0.3 is 0 Å². The quantitative estimate of drug-likeness (QED) is 0.512. The number of phenolic OH excluding ortho intramolecular Hbond substituents is 1. The van der Waals surface area contributed by atoms with Crippen LogP contribution in [-0.4, -0.2) is 26.0 Å². The number of aromatic hydroxyl groups is 1. The van der Waals surface area contributed by atoms with Crippen LogP contribution in [0.15, 0.2) is 28.7 Å². The molecule has 1 aromatic carbocycles. The maximum absolute atomic E-state index is 12.1. The summed E-state index contributed by atoms with van der Waals surface area (Å²) in [5.74, 6) is 0.747. The molecule has 3 nitrogen and oxygen atoms in total. The second kappa shape index (κ2) is 7.17. The Morgan fingerprint density at radius 1 is 1.32 bits per heavy atom. The highest BCUT2D eigenvalue weighted by molar-refractivity contribution is 7.91. The van der Waals surface area contributed by atoms with E-state index in [1.165, 1.54) is 0 Å². The van der Waals surface area contributed by atoms with Crippen molar-refractivity contribution < 1.29 is 9.66 Å². The number of phenols is 1. The number of hydrogen-bond acceptors (Lipinski definition) is 3. The van der Waals surface area contributed by atoms with E-state index in [-0.39, 0.29) is 10.5 Å². The van der Waals surface area contributed by atoms with E-state index in [0.717, 1.165) is 17.7 Å². The summed E-state index contributed by atoms with van der Waals surface area (Å²) in [5.41, 5.74) is 1.65. The van der Waals surface area contributed by atoms with Crippen LogP contribution in [0.4, 0.5) is 0 Å². The Bertz CT molecular complexity index is 426. The molecule has 0 aliphatic rings. The summed E-state index contributed by atoms with van der Waals surface area (Å²) in [6, 6.07) is 6.77. The minimum atomic E-state index is -1.29. The van der Waals surface area contributed by atoms with Gasteiger partial charge in [0.25, 0.3) is 0 Å². The van der Waals surface area contributed by atoms with Crippen molar-refractivity contribution in [2.24, 2.45) is 4.40 Å². The third-order valence-electron chi connectivity index (χ3n) is 2.46. The van der Waals surface area contributed by atoms with E-state index in [1.54, 1.807) is 24.3 Å². The first-order chi connectivity index (χ1) is 8.84. The fourth-order valence-electron chi connectivity index (χ4n) is 1.37. The Morgan fingerprint density at radius 3 is 2.37 bits per heavy atom. The second-order valence-electron chi connectivity index (χ2n) is 5.24. The molecule has 1 atom stereocenters. The molecule has 0 spiro atoms. The van der Waals surface area contributed by atoms with Crippen LogP contribution in [-0.2, 0) is 11.4 Å². The van der Waals surface area contributed by atoms with Crippen molar-refractivity contribution in [3.63, 3.8) is 0 Å². The van der Waals surface area contributed by atoms with Crippen LogP contribution in [0.1, 0.15) is 39.2 Å². The standard InChI is InChI=1S/C14H20ClNO2S/c1-14(2,3)19(18)16-13(5-4-10-15)11-6-8-12(17)9-7-11/h6-9,17H,4-5,10H2,1-3H3. The fraction of sp³-hybridized carbons (Fsp3) is 0.500. The number of benzene rings is 1. The molecule has 1 aromatic rings. The highest BCUT2D eigenvalue weighted by Gasteiger charge is 2.27. The summed E-state index contributed by atoms with van der Waals surface area (Å²) in [6.07, 6.45) is 1.46. The third-order valence-corrected chi connectivity index (χ3v) is 4.17. The monoisotopic (exact) mass is 301 g/mol. The van der Waals surface area contributed by atoms with Gasteiger partial charge in [0.2, 0.25) is 0 Å². The Kier molecular flexibility index (Phi) is 6.17.